The van der Waals surface area contributed by atoms with Gasteiger partial charge in [0.2, 0.25) is 0 Å². The predicted octanol–water partition coefficient (Wildman–Crippen LogP) is 5.04. The molecule has 2 heterocycles. The van der Waals surface area contributed by atoms with E-state index in [1.54, 1.807) is 11.0 Å². The second kappa shape index (κ2) is 14.2. The minimum atomic E-state index is -1.59. The summed E-state index contributed by atoms with van der Waals surface area (Å²) >= 11 is 0. The van der Waals surface area contributed by atoms with Crippen LogP contribution in [0, 0.1) is 54.0 Å². The molecular weight excluding hydrogens is 553 g/mol. The maximum atomic E-state index is 13.5. The van der Waals surface area contributed by atoms with Crippen molar-refractivity contribution in [3.05, 3.63) is 93.3 Å². The Labute approximate surface area is 250 Å². The first-order valence-corrected chi connectivity index (χ1v) is 14.2. The lowest BCUT2D eigenvalue weighted by Crippen LogP contribution is -2.46. The molecule has 0 atom stereocenters. The number of hydrogen-bond acceptors (Lipinski definition) is 7. The van der Waals surface area contributed by atoms with E-state index in [1.807, 2.05) is 44.3 Å². The van der Waals surface area contributed by atoms with Crippen molar-refractivity contribution in [1.82, 2.24) is 9.80 Å². The minimum absolute atomic E-state index is 0.127. The fourth-order valence-electron chi connectivity index (χ4n) is 5.43. The highest BCUT2D eigenvalue weighted by molar-refractivity contribution is 5.77. The summed E-state index contributed by atoms with van der Waals surface area (Å²) in [5, 5.41) is 18.2. The fraction of sp³-hybridized carbons (Fsp3) is 0.364. The van der Waals surface area contributed by atoms with Gasteiger partial charge in [-0.2, -0.15) is 10.5 Å². The van der Waals surface area contributed by atoms with Gasteiger partial charge >= 0.3 is 0 Å². The third kappa shape index (κ3) is 7.34. The first-order chi connectivity index (χ1) is 20.7. The summed E-state index contributed by atoms with van der Waals surface area (Å²) in [5.41, 5.74) is 5.73. The maximum Gasteiger partial charge on any atom is 0.195 e. The molecule has 3 aromatic carbocycles. The van der Waals surface area contributed by atoms with E-state index < -0.39 is 23.0 Å². The first-order valence-electron chi connectivity index (χ1n) is 14.2. The summed E-state index contributed by atoms with van der Waals surface area (Å²) in [6, 6.07) is 16.7. The van der Waals surface area contributed by atoms with Gasteiger partial charge in [0, 0.05) is 70.5 Å². The molecule has 0 bridgehead atoms. The molecule has 2 fully saturated rings. The SMILES string of the molecule is CN1CCN(c2cc(F)c(F)c(F)c2C#N)CC1.Cc1cc(C)c(CN2CCN(c3ccccc3C#N)CC2)cc1C=O. The molecule has 43 heavy (non-hydrogen) atoms. The van der Waals surface area contributed by atoms with Crippen molar-refractivity contribution < 1.29 is 18.0 Å². The summed E-state index contributed by atoms with van der Waals surface area (Å²) < 4.78 is 39.8. The zero-order chi connectivity index (χ0) is 31.1. The standard InChI is InChI=1S/C21H23N3O.C12H12F3N3/c1-16-11-17(2)20(15-25)12-19(16)14-23-7-9-24(10-8-23)21-6-4-3-5-18(21)13-22;1-17-2-4-18(5-3-17)10-6-9(13)12(15)11(14)8(10)7-16/h3-6,11-12,15H,7-10,14H2,1-2H3;6H,2-5H2,1H3. The second-order valence-corrected chi connectivity index (χ2v) is 10.9. The number of carbonyl (C=O) groups excluding carboxylic acids is 1. The Morgan fingerprint density at radius 2 is 1.42 bits per heavy atom. The van der Waals surface area contributed by atoms with Gasteiger partial charge in [-0.15, -0.1) is 0 Å². The Morgan fingerprint density at radius 1 is 0.791 bits per heavy atom. The summed E-state index contributed by atoms with van der Waals surface area (Å²) in [4.78, 5) is 19.7. The Kier molecular flexibility index (Phi) is 10.4. The Morgan fingerprint density at radius 3 is 2.05 bits per heavy atom. The molecule has 0 N–H and O–H groups in total. The molecule has 0 aromatic heterocycles. The van der Waals surface area contributed by atoms with Gasteiger partial charge < -0.3 is 14.7 Å². The predicted molar refractivity (Wildman–Crippen MR) is 161 cm³/mol. The molecule has 224 valence electrons. The molecule has 0 amide bonds. The van der Waals surface area contributed by atoms with Crippen molar-refractivity contribution in [2.45, 2.75) is 20.4 Å². The lowest BCUT2D eigenvalue weighted by atomic mass is 10.00. The van der Waals surface area contributed by atoms with E-state index >= 15 is 0 Å². The van der Waals surface area contributed by atoms with Gasteiger partial charge in [-0.05, 0) is 55.8 Å². The van der Waals surface area contributed by atoms with Crippen LogP contribution in [-0.4, -0.2) is 75.5 Å². The summed E-state index contributed by atoms with van der Waals surface area (Å²) in [6.45, 7) is 11.2. The van der Waals surface area contributed by atoms with Crippen LogP contribution in [0.5, 0.6) is 0 Å². The number of para-hydroxylation sites is 1. The third-order valence-corrected chi connectivity index (χ3v) is 8.08. The Hall–Kier alpha value is -4.38. The zero-order valence-electron chi connectivity index (χ0n) is 24.7. The monoisotopic (exact) mass is 588 g/mol. The smallest absolute Gasteiger partial charge is 0.195 e. The topological polar surface area (TPSA) is 77.6 Å². The number of carbonyl (C=O) groups is 1. The maximum absolute atomic E-state index is 13.5. The molecule has 0 aliphatic carbocycles. The van der Waals surface area contributed by atoms with Crippen LogP contribution in [-0.2, 0) is 6.54 Å². The highest BCUT2D eigenvalue weighted by Crippen LogP contribution is 2.28. The van der Waals surface area contributed by atoms with E-state index in [-0.39, 0.29) is 5.69 Å². The van der Waals surface area contributed by atoms with Crippen molar-refractivity contribution in [2.24, 2.45) is 0 Å². The largest absolute Gasteiger partial charge is 0.368 e. The van der Waals surface area contributed by atoms with Gasteiger partial charge in [0.1, 0.15) is 24.0 Å². The number of aldehydes is 1. The van der Waals surface area contributed by atoms with Crippen LogP contribution >= 0.6 is 0 Å². The minimum Gasteiger partial charge on any atom is -0.368 e. The van der Waals surface area contributed by atoms with Crippen molar-refractivity contribution >= 4 is 17.7 Å². The van der Waals surface area contributed by atoms with Gasteiger partial charge in [0.05, 0.1) is 16.9 Å². The fourth-order valence-corrected chi connectivity index (χ4v) is 5.43. The quantitative estimate of drug-likeness (QED) is 0.306. The Bertz CT molecular complexity index is 1550. The second-order valence-electron chi connectivity index (χ2n) is 10.9. The number of piperazine rings is 2. The van der Waals surface area contributed by atoms with Crippen LogP contribution in [0.1, 0.15) is 38.2 Å². The van der Waals surface area contributed by atoms with Crippen molar-refractivity contribution in [2.75, 3.05) is 69.2 Å². The number of rotatable bonds is 5. The van der Waals surface area contributed by atoms with Gasteiger partial charge in [-0.1, -0.05) is 18.2 Å². The molecule has 2 saturated heterocycles. The molecule has 3 aromatic rings. The average molecular weight is 589 g/mol. The van der Waals surface area contributed by atoms with Crippen molar-refractivity contribution in [1.29, 1.82) is 10.5 Å². The van der Waals surface area contributed by atoms with Gasteiger partial charge in [0.25, 0.3) is 0 Å². The van der Waals surface area contributed by atoms with Crippen molar-refractivity contribution in [3.8, 4) is 12.1 Å². The molecule has 10 heteroatoms. The number of nitriles is 2. The number of anilines is 2. The number of aryl methyl sites for hydroxylation is 2. The van der Waals surface area contributed by atoms with E-state index in [1.165, 1.54) is 11.1 Å². The number of benzene rings is 3. The number of nitrogens with zero attached hydrogens (tertiary/aromatic N) is 6. The number of likely N-dealkylation sites (N-methyl/N-ethyl adjacent to an activating group) is 1. The lowest BCUT2D eigenvalue weighted by molar-refractivity contribution is 0.112. The van der Waals surface area contributed by atoms with E-state index in [4.69, 9.17) is 5.26 Å². The van der Waals surface area contributed by atoms with E-state index in [2.05, 4.69) is 33.8 Å². The summed E-state index contributed by atoms with van der Waals surface area (Å²) in [7, 11) is 1.94. The van der Waals surface area contributed by atoms with E-state index in [9.17, 15) is 23.2 Å². The summed E-state index contributed by atoms with van der Waals surface area (Å²) in [6.07, 6.45) is 0.940. The highest BCUT2D eigenvalue weighted by atomic mass is 19.2. The normalized spacial score (nSPS) is 15.7. The molecule has 7 nitrogen and oxygen atoms in total. The van der Waals surface area contributed by atoms with Gasteiger partial charge in [-0.25, -0.2) is 13.2 Å². The van der Waals surface area contributed by atoms with Crippen LogP contribution in [0.2, 0.25) is 0 Å². The molecule has 2 aliphatic heterocycles. The van der Waals surface area contributed by atoms with Gasteiger partial charge in [0.15, 0.2) is 17.5 Å². The first kappa shape index (κ1) is 31.6. The molecule has 0 radical (unpaired) electrons. The van der Waals surface area contributed by atoms with Crippen LogP contribution in [0.15, 0.2) is 42.5 Å². The van der Waals surface area contributed by atoms with Gasteiger partial charge in [-0.3, -0.25) is 9.69 Å². The molecule has 0 saturated carbocycles. The van der Waals surface area contributed by atoms with Crippen LogP contribution in [0.25, 0.3) is 0 Å². The lowest BCUT2D eigenvalue weighted by Gasteiger charge is -2.36. The van der Waals surface area contributed by atoms with Crippen LogP contribution in [0.3, 0.4) is 0 Å². The van der Waals surface area contributed by atoms with Crippen LogP contribution < -0.4 is 9.80 Å². The molecule has 0 unspecified atom stereocenters. The van der Waals surface area contributed by atoms with Crippen molar-refractivity contribution in [3.63, 3.8) is 0 Å². The highest BCUT2D eigenvalue weighted by Gasteiger charge is 2.24. The molecular formula is C33H35F3N6O. The van der Waals surface area contributed by atoms with E-state index in [0.717, 1.165) is 80.5 Å². The molecule has 5 rings (SSSR count). The van der Waals surface area contributed by atoms with E-state index in [0.29, 0.717) is 13.1 Å². The summed E-state index contributed by atoms with van der Waals surface area (Å²) in [5.74, 6) is -4.27. The average Bonchev–Trinajstić information content (AvgIpc) is 3.02. The molecule has 2 aliphatic rings. The number of halogens is 3. The van der Waals surface area contributed by atoms with Crippen LogP contribution in [0.4, 0.5) is 24.5 Å². The molecule has 0 spiro atoms. The Balaban J connectivity index is 0.000000208. The third-order valence-electron chi connectivity index (χ3n) is 8.08. The number of hydrogen-bond donors (Lipinski definition) is 0. The zero-order valence-corrected chi connectivity index (χ0v) is 24.7.